The van der Waals surface area contributed by atoms with Gasteiger partial charge in [0.1, 0.15) is 0 Å². The molecule has 0 aliphatic carbocycles. The molecule has 1 aromatic carbocycles. The lowest BCUT2D eigenvalue weighted by molar-refractivity contribution is -0.383. The fourth-order valence-corrected chi connectivity index (χ4v) is 1.71. The van der Waals surface area contributed by atoms with Gasteiger partial charge >= 0.3 is 5.69 Å². The molecule has 0 saturated heterocycles. The second-order valence-electron chi connectivity index (χ2n) is 4.13. The van der Waals surface area contributed by atoms with E-state index in [1.54, 1.807) is 13.1 Å². The molecule has 0 bridgehead atoms. The monoisotopic (exact) mass is 274 g/mol. The highest BCUT2D eigenvalue weighted by molar-refractivity contribution is 5.74. The average molecular weight is 274 g/mol. The Kier molecular flexibility index (Phi) is 3.65. The van der Waals surface area contributed by atoms with E-state index in [1.807, 2.05) is 25.1 Å². The summed E-state index contributed by atoms with van der Waals surface area (Å²) in [5.74, 6) is 0.0743. The number of benzene rings is 1. The minimum absolute atomic E-state index is 0.0532. The summed E-state index contributed by atoms with van der Waals surface area (Å²) in [7, 11) is 1.61. The van der Waals surface area contributed by atoms with E-state index in [0.717, 1.165) is 5.56 Å². The quantitative estimate of drug-likeness (QED) is 0.576. The number of hydrogen-bond donors (Lipinski definition) is 3. The SMILES string of the molecule is CNc1nc(N)c([N+](=O)[O-])c(Nc2cccc(C)c2)n1. The van der Waals surface area contributed by atoms with E-state index in [1.165, 1.54) is 0 Å². The van der Waals surface area contributed by atoms with Crippen molar-refractivity contribution in [1.82, 2.24) is 9.97 Å². The number of aromatic nitrogens is 2. The van der Waals surface area contributed by atoms with Crippen molar-refractivity contribution in [2.75, 3.05) is 23.4 Å². The van der Waals surface area contributed by atoms with Crippen LogP contribution in [-0.4, -0.2) is 21.9 Å². The van der Waals surface area contributed by atoms with Crippen LogP contribution in [0.25, 0.3) is 0 Å². The fourth-order valence-electron chi connectivity index (χ4n) is 1.71. The van der Waals surface area contributed by atoms with E-state index in [4.69, 9.17) is 5.73 Å². The summed E-state index contributed by atoms with van der Waals surface area (Å²) in [6, 6.07) is 7.40. The maximum atomic E-state index is 11.1. The number of nitrogen functional groups attached to an aromatic ring is 1. The van der Waals surface area contributed by atoms with Gasteiger partial charge in [-0.15, -0.1) is 0 Å². The van der Waals surface area contributed by atoms with E-state index in [9.17, 15) is 10.1 Å². The number of aryl methyl sites for hydroxylation is 1. The second-order valence-corrected chi connectivity index (χ2v) is 4.13. The van der Waals surface area contributed by atoms with E-state index >= 15 is 0 Å². The fraction of sp³-hybridized carbons (Fsp3) is 0.167. The van der Waals surface area contributed by atoms with Crippen molar-refractivity contribution in [1.29, 1.82) is 0 Å². The number of anilines is 4. The smallest absolute Gasteiger partial charge is 0.353 e. The third-order valence-electron chi connectivity index (χ3n) is 2.60. The molecule has 0 aliphatic rings. The zero-order chi connectivity index (χ0) is 14.7. The number of nitro groups is 1. The molecule has 1 heterocycles. The highest BCUT2D eigenvalue weighted by atomic mass is 16.6. The van der Waals surface area contributed by atoms with Crippen LogP contribution in [-0.2, 0) is 0 Å². The largest absolute Gasteiger partial charge is 0.378 e. The maximum absolute atomic E-state index is 11.1. The Bertz CT molecular complexity index is 658. The summed E-state index contributed by atoms with van der Waals surface area (Å²) in [5, 5.41) is 16.7. The summed E-state index contributed by atoms with van der Waals surface area (Å²) in [6.45, 7) is 1.92. The molecule has 0 aliphatic heterocycles. The van der Waals surface area contributed by atoms with Gasteiger partial charge in [0.2, 0.25) is 17.6 Å². The second kappa shape index (κ2) is 5.39. The van der Waals surface area contributed by atoms with E-state index < -0.39 is 4.92 Å². The van der Waals surface area contributed by atoms with E-state index in [2.05, 4.69) is 20.6 Å². The van der Waals surface area contributed by atoms with Crippen LogP contribution in [0.4, 0.5) is 29.0 Å². The van der Waals surface area contributed by atoms with Gasteiger partial charge in [-0.3, -0.25) is 10.1 Å². The topological polar surface area (TPSA) is 119 Å². The van der Waals surface area contributed by atoms with Crippen molar-refractivity contribution in [3.05, 3.63) is 39.9 Å². The van der Waals surface area contributed by atoms with E-state index in [0.29, 0.717) is 5.69 Å². The molecule has 2 rings (SSSR count). The molecule has 0 spiro atoms. The molecular weight excluding hydrogens is 260 g/mol. The zero-order valence-corrected chi connectivity index (χ0v) is 11.0. The molecule has 4 N–H and O–H groups in total. The third kappa shape index (κ3) is 2.74. The first-order valence-corrected chi connectivity index (χ1v) is 5.84. The summed E-state index contributed by atoms with van der Waals surface area (Å²) in [4.78, 5) is 18.3. The predicted octanol–water partition coefficient (Wildman–Crippen LogP) is 2.06. The molecule has 0 atom stereocenters. The van der Waals surface area contributed by atoms with Crippen molar-refractivity contribution >= 4 is 29.0 Å². The van der Waals surface area contributed by atoms with Crippen molar-refractivity contribution in [3.8, 4) is 0 Å². The van der Waals surface area contributed by atoms with Crippen LogP contribution in [0, 0.1) is 17.0 Å². The molecule has 8 heteroatoms. The maximum Gasteiger partial charge on any atom is 0.353 e. The Hall–Kier alpha value is -2.90. The van der Waals surface area contributed by atoms with Crippen molar-refractivity contribution in [3.63, 3.8) is 0 Å². The molecule has 2 aromatic rings. The number of hydrogen-bond acceptors (Lipinski definition) is 7. The van der Waals surface area contributed by atoms with Gasteiger partial charge in [-0.05, 0) is 24.6 Å². The Balaban J connectivity index is 2.48. The van der Waals surface area contributed by atoms with Crippen LogP contribution in [0.2, 0.25) is 0 Å². The van der Waals surface area contributed by atoms with E-state index in [-0.39, 0.29) is 23.3 Å². The number of rotatable bonds is 4. The first-order valence-electron chi connectivity index (χ1n) is 5.84. The first kappa shape index (κ1) is 13.5. The molecule has 0 saturated carbocycles. The van der Waals surface area contributed by atoms with Crippen LogP contribution in [0.15, 0.2) is 24.3 Å². The highest BCUT2D eigenvalue weighted by Crippen LogP contribution is 2.31. The molecule has 0 fully saturated rings. The van der Waals surface area contributed by atoms with Crippen LogP contribution >= 0.6 is 0 Å². The van der Waals surface area contributed by atoms with Crippen LogP contribution in [0.5, 0.6) is 0 Å². The molecule has 20 heavy (non-hydrogen) atoms. The Labute approximate surface area is 115 Å². The Morgan fingerprint density at radius 3 is 2.70 bits per heavy atom. The van der Waals surface area contributed by atoms with Crippen LogP contribution < -0.4 is 16.4 Å². The normalized spacial score (nSPS) is 10.1. The first-order chi connectivity index (χ1) is 9.51. The minimum atomic E-state index is -0.604. The lowest BCUT2D eigenvalue weighted by Gasteiger charge is -2.09. The van der Waals surface area contributed by atoms with Gasteiger partial charge in [0, 0.05) is 12.7 Å². The molecule has 1 aromatic heterocycles. The Morgan fingerprint density at radius 2 is 2.10 bits per heavy atom. The lowest BCUT2D eigenvalue weighted by atomic mass is 10.2. The van der Waals surface area contributed by atoms with Gasteiger partial charge in [0.15, 0.2) is 0 Å². The van der Waals surface area contributed by atoms with Crippen molar-refractivity contribution < 1.29 is 4.92 Å². The van der Waals surface area contributed by atoms with Gasteiger partial charge < -0.3 is 16.4 Å². The summed E-state index contributed by atoms with van der Waals surface area (Å²) < 4.78 is 0. The molecule has 0 radical (unpaired) electrons. The summed E-state index contributed by atoms with van der Waals surface area (Å²) in [6.07, 6.45) is 0. The molecule has 8 nitrogen and oxygen atoms in total. The van der Waals surface area contributed by atoms with Gasteiger partial charge in [0.05, 0.1) is 4.92 Å². The summed E-state index contributed by atoms with van der Waals surface area (Å²) >= 11 is 0. The van der Waals surface area contributed by atoms with Crippen LogP contribution in [0.1, 0.15) is 5.56 Å². The standard InChI is InChI=1S/C12H14N6O2/c1-7-4-3-5-8(6-7)15-11-9(18(19)20)10(13)16-12(14-2)17-11/h3-6H,1-2H3,(H4,13,14,15,16,17). The minimum Gasteiger partial charge on any atom is -0.378 e. The summed E-state index contributed by atoms with van der Waals surface area (Å²) in [5.41, 5.74) is 6.98. The molecule has 0 amide bonds. The Morgan fingerprint density at radius 1 is 1.35 bits per heavy atom. The third-order valence-corrected chi connectivity index (χ3v) is 2.60. The number of nitrogens with two attached hydrogens (primary N) is 1. The zero-order valence-electron chi connectivity index (χ0n) is 11.0. The molecular formula is C12H14N6O2. The van der Waals surface area contributed by atoms with Gasteiger partial charge in [-0.1, -0.05) is 12.1 Å². The predicted molar refractivity (Wildman–Crippen MR) is 77.1 cm³/mol. The lowest BCUT2D eigenvalue weighted by Crippen LogP contribution is -2.08. The number of nitrogens with one attached hydrogen (secondary N) is 2. The van der Waals surface area contributed by atoms with Gasteiger partial charge in [0.25, 0.3) is 0 Å². The van der Waals surface area contributed by atoms with Gasteiger partial charge in [-0.25, -0.2) is 0 Å². The van der Waals surface area contributed by atoms with Crippen molar-refractivity contribution in [2.45, 2.75) is 6.92 Å². The van der Waals surface area contributed by atoms with Gasteiger partial charge in [-0.2, -0.15) is 9.97 Å². The average Bonchev–Trinajstić information content (AvgIpc) is 2.37. The van der Waals surface area contributed by atoms with Crippen LogP contribution in [0.3, 0.4) is 0 Å². The molecule has 0 unspecified atom stereocenters. The van der Waals surface area contributed by atoms with Crippen molar-refractivity contribution in [2.24, 2.45) is 0 Å². The highest BCUT2D eigenvalue weighted by Gasteiger charge is 2.23. The number of nitrogens with zero attached hydrogens (tertiary/aromatic N) is 3. The molecule has 104 valence electrons.